The Morgan fingerprint density at radius 1 is 1.00 bits per heavy atom. The minimum Gasteiger partial charge on any atom is -0.396 e. The van der Waals surface area contributed by atoms with Gasteiger partial charge in [-0.25, -0.2) is 0 Å². The predicted octanol–water partition coefficient (Wildman–Crippen LogP) is -0.518. The van der Waals surface area contributed by atoms with Crippen LogP contribution in [0.5, 0.6) is 0 Å². The molecule has 0 saturated heterocycles. The molecular formula is C9H21NO3. The van der Waals surface area contributed by atoms with Crippen molar-refractivity contribution in [3.63, 3.8) is 0 Å². The van der Waals surface area contributed by atoms with Gasteiger partial charge < -0.3 is 20.6 Å². The lowest BCUT2D eigenvalue weighted by Gasteiger charge is -2.08. The van der Waals surface area contributed by atoms with Crippen LogP contribution < -0.4 is 5.32 Å². The van der Waals surface area contributed by atoms with Crippen LogP contribution >= 0.6 is 0 Å². The fraction of sp³-hybridized carbons (Fsp3) is 1.00. The Hall–Kier alpha value is -0.160. The summed E-state index contributed by atoms with van der Waals surface area (Å²) in [5.41, 5.74) is 0. The summed E-state index contributed by atoms with van der Waals surface area (Å²) in [6, 6.07) is 0. The second-order valence-corrected chi connectivity index (χ2v) is 3.18. The van der Waals surface area contributed by atoms with E-state index in [9.17, 15) is 0 Å². The van der Waals surface area contributed by atoms with E-state index in [0.717, 1.165) is 32.2 Å². The Labute approximate surface area is 79.6 Å². The summed E-state index contributed by atoms with van der Waals surface area (Å²) < 4.78 is 0. The van der Waals surface area contributed by atoms with E-state index in [1.807, 2.05) is 0 Å². The Bertz CT molecular complexity index is 101. The van der Waals surface area contributed by atoms with Gasteiger partial charge in [-0.15, -0.1) is 0 Å². The van der Waals surface area contributed by atoms with Crippen molar-refractivity contribution in [2.45, 2.75) is 31.8 Å². The van der Waals surface area contributed by atoms with Crippen molar-refractivity contribution < 1.29 is 15.3 Å². The maximum atomic E-state index is 8.95. The van der Waals surface area contributed by atoms with E-state index >= 15 is 0 Å². The van der Waals surface area contributed by atoms with E-state index in [-0.39, 0.29) is 13.2 Å². The van der Waals surface area contributed by atoms with Gasteiger partial charge in [0.2, 0.25) is 0 Å². The molecule has 4 N–H and O–H groups in total. The number of unbranched alkanes of at least 4 members (excludes halogenated alkanes) is 3. The first kappa shape index (κ1) is 12.8. The molecule has 4 heteroatoms. The van der Waals surface area contributed by atoms with Crippen molar-refractivity contribution in [1.29, 1.82) is 0 Å². The second-order valence-electron chi connectivity index (χ2n) is 3.18. The van der Waals surface area contributed by atoms with E-state index < -0.39 is 6.10 Å². The number of hydrogen-bond acceptors (Lipinski definition) is 4. The number of rotatable bonds is 9. The molecule has 80 valence electrons. The minimum atomic E-state index is -0.641. The molecule has 0 amide bonds. The van der Waals surface area contributed by atoms with E-state index in [1.165, 1.54) is 0 Å². The van der Waals surface area contributed by atoms with E-state index in [2.05, 4.69) is 5.32 Å². The van der Waals surface area contributed by atoms with Gasteiger partial charge in [0.1, 0.15) is 0 Å². The molecule has 0 rings (SSSR count). The number of hydrogen-bond donors (Lipinski definition) is 4. The van der Waals surface area contributed by atoms with Crippen LogP contribution in [0.1, 0.15) is 25.7 Å². The van der Waals surface area contributed by atoms with Gasteiger partial charge in [0.15, 0.2) is 0 Å². The standard InChI is InChI=1S/C9H21NO3/c11-6-4-2-1-3-5-10-7-9(13)8-12/h9-13H,1-8H2/t9-/m0/s1. The average Bonchev–Trinajstić information content (AvgIpc) is 2.16. The van der Waals surface area contributed by atoms with E-state index in [0.29, 0.717) is 6.54 Å². The Balaban J connectivity index is 2.91. The topological polar surface area (TPSA) is 72.7 Å². The van der Waals surface area contributed by atoms with Crippen LogP contribution in [0.15, 0.2) is 0 Å². The minimum absolute atomic E-state index is 0.183. The fourth-order valence-electron chi connectivity index (χ4n) is 1.05. The average molecular weight is 191 g/mol. The van der Waals surface area contributed by atoms with Gasteiger partial charge >= 0.3 is 0 Å². The quantitative estimate of drug-likeness (QED) is 0.370. The number of aliphatic hydroxyl groups is 3. The highest BCUT2D eigenvalue weighted by Gasteiger charge is 1.99. The van der Waals surface area contributed by atoms with Crippen LogP contribution in [0.2, 0.25) is 0 Å². The molecule has 0 bridgehead atoms. The van der Waals surface area contributed by atoms with Gasteiger partial charge in [0.25, 0.3) is 0 Å². The summed E-state index contributed by atoms with van der Waals surface area (Å²) in [6.07, 6.45) is 3.44. The van der Waals surface area contributed by atoms with Crippen LogP contribution in [-0.4, -0.2) is 47.7 Å². The number of nitrogens with one attached hydrogen (secondary N) is 1. The van der Waals surface area contributed by atoms with Crippen molar-refractivity contribution in [1.82, 2.24) is 5.32 Å². The van der Waals surface area contributed by atoms with Crippen LogP contribution in [0.25, 0.3) is 0 Å². The van der Waals surface area contributed by atoms with Gasteiger partial charge in [-0.05, 0) is 19.4 Å². The van der Waals surface area contributed by atoms with Crippen LogP contribution in [0, 0.1) is 0 Å². The summed E-state index contributed by atoms with van der Waals surface area (Å²) in [5, 5.41) is 29.0. The van der Waals surface area contributed by atoms with Gasteiger partial charge in [-0.3, -0.25) is 0 Å². The highest BCUT2D eigenvalue weighted by atomic mass is 16.3. The van der Waals surface area contributed by atoms with Crippen molar-refractivity contribution in [2.75, 3.05) is 26.3 Å². The summed E-state index contributed by atoms with van der Waals surface area (Å²) in [5.74, 6) is 0. The molecule has 1 atom stereocenters. The predicted molar refractivity (Wildman–Crippen MR) is 51.5 cm³/mol. The Kier molecular flexibility index (Phi) is 9.80. The molecule has 13 heavy (non-hydrogen) atoms. The number of aliphatic hydroxyl groups excluding tert-OH is 3. The first-order chi connectivity index (χ1) is 6.31. The molecule has 0 aromatic rings. The molecule has 0 aliphatic rings. The van der Waals surface area contributed by atoms with Crippen molar-refractivity contribution >= 4 is 0 Å². The normalized spacial score (nSPS) is 13.2. The summed E-state index contributed by atoms with van der Waals surface area (Å²) in [6.45, 7) is 1.41. The molecule has 0 fully saturated rings. The molecular weight excluding hydrogens is 170 g/mol. The molecule has 0 spiro atoms. The zero-order chi connectivity index (χ0) is 9.94. The molecule has 0 unspecified atom stereocenters. The van der Waals surface area contributed by atoms with Crippen LogP contribution in [0.3, 0.4) is 0 Å². The third-order valence-electron chi connectivity index (χ3n) is 1.85. The largest absolute Gasteiger partial charge is 0.396 e. The molecule has 0 aliphatic carbocycles. The second kappa shape index (κ2) is 9.92. The zero-order valence-corrected chi connectivity index (χ0v) is 8.08. The fourth-order valence-corrected chi connectivity index (χ4v) is 1.05. The van der Waals surface area contributed by atoms with Crippen LogP contribution in [0.4, 0.5) is 0 Å². The molecule has 4 nitrogen and oxygen atoms in total. The van der Waals surface area contributed by atoms with Gasteiger partial charge in [0, 0.05) is 13.2 Å². The van der Waals surface area contributed by atoms with E-state index in [4.69, 9.17) is 15.3 Å². The summed E-state index contributed by atoms with van der Waals surface area (Å²) in [4.78, 5) is 0. The Morgan fingerprint density at radius 3 is 2.31 bits per heavy atom. The van der Waals surface area contributed by atoms with Gasteiger partial charge in [-0.2, -0.15) is 0 Å². The van der Waals surface area contributed by atoms with Crippen molar-refractivity contribution in [3.8, 4) is 0 Å². The van der Waals surface area contributed by atoms with Crippen molar-refractivity contribution in [2.24, 2.45) is 0 Å². The third-order valence-corrected chi connectivity index (χ3v) is 1.85. The lowest BCUT2D eigenvalue weighted by Crippen LogP contribution is -2.29. The molecule has 0 radical (unpaired) electrons. The maximum absolute atomic E-state index is 8.95. The zero-order valence-electron chi connectivity index (χ0n) is 8.08. The van der Waals surface area contributed by atoms with Gasteiger partial charge in [0.05, 0.1) is 12.7 Å². The Morgan fingerprint density at radius 2 is 1.69 bits per heavy atom. The molecule has 0 saturated carbocycles. The maximum Gasteiger partial charge on any atom is 0.0894 e. The first-order valence-electron chi connectivity index (χ1n) is 4.91. The smallest absolute Gasteiger partial charge is 0.0894 e. The lowest BCUT2D eigenvalue weighted by atomic mass is 10.2. The highest BCUT2D eigenvalue weighted by Crippen LogP contribution is 1.97. The van der Waals surface area contributed by atoms with E-state index in [1.54, 1.807) is 0 Å². The molecule has 0 aromatic carbocycles. The highest BCUT2D eigenvalue weighted by molar-refractivity contribution is 4.56. The first-order valence-corrected chi connectivity index (χ1v) is 4.91. The van der Waals surface area contributed by atoms with Crippen LogP contribution in [-0.2, 0) is 0 Å². The monoisotopic (exact) mass is 191 g/mol. The summed E-state index contributed by atoms with van der Waals surface area (Å²) in [7, 11) is 0. The SMILES string of the molecule is OCCCCCCNC[C@H](O)CO. The molecule has 0 heterocycles. The molecule has 0 aromatic heterocycles. The third kappa shape index (κ3) is 9.76. The summed E-state index contributed by atoms with van der Waals surface area (Å²) >= 11 is 0. The van der Waals surface area contributed by atoms with Crippen molar-refractivity contribution in [3.05, 3.63) is 0 Å². The lowest BCUT2D eigenvalue weighted by molar-refractivity contribution is 0.0945. The van der Waals surface area contributed by atoms with Gasteiger partial charge in [-0.1, -0.05) is 12.8 Å². The molecule has 0 aliphatic heterocycles.